The van der Waals surface area contributed by atoms with Gasteiger partial charge in [0.1, 0.15) is 6.04 Å². The summed E-state index contributed by atoms with van der Waals surface area (Å²) in [6, 6.07) is -0.545. The Bertz CT molecular complexity index is 504. The fraction of sp³-hybridized carbons (Fsp3) is 0.692. The average Bonchev–Trinajstić information content (AvgIpc) is 2.90. The number of ether oxygens (including phenoxy) is 1. The molecule has 1 heterocycles. The van der Waals surface area contributed by atoms with Gasteiger partial charge in [-0.15, -0.1) is 16.7 Å². The van der Waals surface area contributed by atoms with Crippen LogP contribution in [0, 0.1) is 0 Å². The molecular formula is C13H21ClN4O3. The summed E-state index contributed by atoms with van der Waals surface area (Å²) in [7, 11) is 0. The minimum absolute atomic E-state index is 0.0160. The van der Waals surface area contributed by atoms with E-state index in [1.807, 2.05) is 13.8 Å². The standard InChI is InChI=1S/C13H21ClN4O3/c1-5-8(3)15-12(19)9(4)18-10(7-14)11(16-17-18)13(20)21-6-2/h8-9H,5-7H2,1-4H3,(H,15,19). The minimum atomic E-state index is -0.608. The molecule has 7 nitrogen and oxygen atoms in total. The molecule has 0 aromatic carbocycles. The number of nitrogens with one attached hydrogen (secondary N) is 1. The van der Waals surface area contributed by atoms with E-state index in [0.717, 1.165) is 6.42 Å². The second-order valence-corrected chi connectivity index (χ2v) is 4.94. The smallest absolute Gasteiger partial charge is 0.360 e. The maximum atomic E-state index is 12.1. The van der Waals surface area contributed by atoms with E-state index in [0.29, 0.717) is 5.69 Å². The third-order valence-corrected chi connectivity index (χ3v) is 3.39. The first kappa shape index (κ1) is 17.4. The maximum absolute atomic E-state index is 12.1. The molecule has 1 aromatic rings. The number of halogens is 1. The summed E-state index contributed by atoms with van der Waals surface area (Å²) >= 11 is 5.86. The number of carbonyl (C=O) groups is 2. The van der Waals surface area contributed by atoms with Crippen molar-refractivity contribution in [3.63, 3.8) is 0 Å². The lowest BCUT2D eigenvalue weighted by molar-refractivity contribution is -0.124. The Balaban J connectivity index is 2.97. The number of amides is 1. The van der Waals surface area contributed by atoms with Gasteiger partial charge in [-0.3, -0.25) is 4.79 Å². The van der Waals surface area contributed by atoms with E-state index in [1.54, 1.807) is 13.8 Å². The quantitative estimate of drug-likeness (QED) is 0.611. The molecular weight excluding hydrogens is 296 g/mol. The first-order valence-electron chi connectivity index (χ1n) is 6.93. The van der Waals surface area contributed by atoms with Gasteiger partial charge in [0.15, 0.2) is 5.69 Å². The number of esters is 1. The number of aromatic nitrogens is 3. The molecule has 0 saturated carbocycles. The van der Waals surface area contributed by atoms with Gasteiger partial charge in [-0.2, -0.15) is 0 Å². The van der Waals surface area contributed by atoms with Crippen molar-refractivity contribution in [2.45, 2.75) is 52.1 Å². The van der Waals surface area contributed by atoms with Crippen molar-refractivity contribution in [1.29, 1.82) is 0 Å². The zero-order valence-electron chi connectivity index (χ0n) is 12.7. The van der Waals surface area contributed by atoms with Gasteiger partial charge in [0.25, 0.3) is 0 Å². The molecule has 0 aliphatic heterocycles. The average molecular weight is 317 g/mol. The van der Waals surface area contributed by atoms with E-state index >= 15 is 0 Å². The fourth-order valence-electron chi connectivity index (χ4n) is 1.68. The van der Waals surface area contributed by atoms with Crippen LogP contribution in [0.4, 0.5) is 0 Å². The van der Waals surface area contributed by atoms with Crippen LogP contribution in [-0.2, 0) is 15.4 Å². The monoisotopic (exact) mass is 316 g/mol. The number of hydrogen-bond donors (Lipinski definition) is 1. The summed E-state index contributed by atoms with van der Waals surface area (Å²) in [5, 5.41) is 10.5. The number of rotatable bonds is 7. The SMILES string of the molecule is CCOC(=O)c1nnn(C(C)C(=O)NC(C)CC)c1CCl. The van der Waals surface area contributed by atoms with Crippen molar-refractivity contribution in [3.8, 4) is 0 Å². The van der Waals surface area contributed by atoms with Crippen molar-refractivity contribution in [2.75, 3.05) is 6.61 Å². The molecule has 0 aliphatic rings. The van der Waals surface area contributed by atoms with E-state index in [1.165, 1.54) is 4.68 Å². The fourth-order valence-corrected chi connectivity index (χ4v) is 1.93. The Labute approximate surface area is 129 Å². The number of hydrogen-bond acceptors (Lipinski definition) is 5. The van der Waals surface area contributed by atoms with Crippen molar-refractivity contribution >= 4 is 23.5 Å². The van der Waals surface area contributed by atoms with Crippen molar-refractivity contribution < 1.29 is 14.3 Å². The molecule has 118 valence electrons. The van der Waals surface area contributed by atoms with Crippen molar-refractivity contribution in [1.82, 2.24) is 20.3 Å². The van der Waals surface area contributed by atoms with Crippen LogP contribution in [0.25, 0.3) is 0 Å². The maximum Gasteiger partial charge on any atom is 0.360 e. The minimum Gasteiger partial charge on any atom is -0.461 e. The molecule has 1 N–H and O–H groups in total. The Kier molecular flexibility index (Phi) is 6.61. The summed E-state index contributed by atoms with van der Waals surface area (Å²) in [5.74, 6) is -0.771. The first-order chi connectivity index (χ1) is 9.96. The summed E-state index contributed by atoms with van der Waals surface area (Å²) in [4.78, 5) is 23.9. The van der Waals surface area contributed by atoms with Gasteiger partial charge in [-0.05, 0) is 27.2 Å². The second-order valence-electron chi connectivity index (χ2n) is 4.68. The van der Waals surface area contributed by atoms with Crippen LogP contribution in [0.5, 0.6) is 0 Å². The van der Waals surface area contributed by atoms with Crippen LogP contribution in [0.2, 0.25) is 0 Å². The van der Waals surface area contributed by atoms with Crippen LogP contribution < -0.4 is 5.32 Å². The summed E-state index contributed by atoms with van der Waals surface area (Å²) < 4.78 is 6.25. The van der Waals surface area contributed by atoms with Gasteiger partial charge in [0, 0.05) is 6.04 Å². The van der Waals surface area contributed by atoms with Gasteiger partial charge in [0.2, 0.25) is 5.91 Å². The van der Waals surface area contributed by atoms with Gasteiger partial charge in [-0.25, -0.2) is 9.48 Å². The normalized spacial score (nSPS) is 13.6. The Morgan fingerprint density at radius 2 is 2.05 bits per heavy atom. The molecule has 0 saturated heterocycles. The molecule has 1 rings (SSSR count). The van der Waals surface area contributed by atoms with Crippen LogP contribution >= 0.6 is 11.6 Å². The van der Waals surface area contributed by atoms with Crippen LogP contribution in [0.3, 0.4) is 0 Å². The van der Waals surface area contributed by atoms with Crippen LogP contribution in [-0.4, -0.2) is 39.5 Å². The highest BCUT2D eigenvalue weighted by atomic mass is 35.5. The first-order valence-corrected chi connectivity index (χ1v) is 7.47. The van der Waals surface area contributed by atoms with Gasteiger partial charge in [-0.1, -0.05) is 12.1 Å². The summed E-state index contributed by atoms with van der Waals surface area (Å²) in [5.41, 5.74) is 0.428. The summed E-state index contributed by atoms with van der Waals surface area (Å²) in [6.07, 6.45) is 0.826. The van der Waals surface area contributed by atoms with E-state index in [9.17, 15) is 9.59 Å². The van der Waals surface area contributed by atoms with E-state index < -0.39 is 12.0 Å². The van der Waals surface area contributed by atoms with E-state index in [2.05, 4.69) is 15.6 Å². The molecule has 0 radical (unpaired) electrons. The van der Waals surface area contributed by atoms with Crippen molar-refractivity contribution in [3.05, 3.63) is 11.4 Å². The molecule has 1 amide bonds. The highest BCUT2D eigenvalue weighted by molar-refractivity contribution is 6.17. The van der Waals surface area contributed by atoms with Crippen LogP contribution in [0.1, 0.15) is 56.3 Å². The molecule has 1 aromatic heterocycles. The highest BCUT2D eigenvalue weighted by Crippen LogP contribution is 2.16. The number of alkyl halides is 1. The third-order valence-electron chi connectivity index (χ3n) is 3.13. The summed E-state index contributed by atoms with van der Waals surface area (Å²) in [6.45, 7) is 7.51. The zero-order valence-corrected chi connectivity index (χ0v) is 13.5. The van der Waals surface area contributed by atoms with Gasteiger partial charge in [0.05, 0.1) is 18.2 Å². The lowest BCUT2D eigenvalue weighted by Gasteiger charge is -2.17. The zero-order chi connectivity index (χ0) is 16.0. The number of carbonyl (C=O) groups excluding carboxylic acids is 2. The molecule has 0 spiro atoms. The Morgan fingerprint density at radius 1 is 1.38 bits per heavy atom. The number of nitrogens with zero attached hydrogens (tertiary/aromatic N) is 3. The molecule has 0 aliphatic carbocycles. The molecule has 8 heteroatoms. The van der Waals surface area contributed by atoms with E-state index in [4.69, 9.17) is 16.3 Å². The Hall–Kier alpha value is -1.63. The van der Waals surface area contributed by atoms with Gasteiger partial charge >= 0.3 is 5.97 Å². The molecule has 0 bridgehead atoms. The third kappa shape index (κ3) is 4.17. The van der Waals surface area contributed by atoms with E-state index in [-0.39, 0.29) is 30.1 Å². The molecule has 0 fully saturated rings. The predicted molar refractivity (Wildman–Crippen MR) is 78.1 cm³/mol. The molecule has 21 heavy (non-hydrogen) atoms. The lowest BCUT2D eigenvalue weighted by atomic mass is 10.2. The molecule has 2 atom stereocenters. The topological polar surface area (TPSA) is 86.1 Å². The highest BCUT2D eigenvalue weighted by Gasteiger charge is 2.26. The second kappa shape index (κ2) is 7.97. The van der Waals surface area contributed by atoms with Gasteiger partial charge < -0.3 is 10.1 Å². The largest absolute Gasteiger partial charge is 0.461 e. The Morgan fingerprint density at radius 3 is 2.57 bits per heavy atom. The molecule has 2 unspecified atom stereocenters. The van der Waals surface area contributed by atoms with Crippen LogP contribution in [0.15, 0.2) is 0 Å². The lowest BCUT2D eigenvalue weighted by Crippen LogP contribution is -2.37. The van der Waals surface area contributed by atoms with Crippen molar-refractivity contribution in [2.24, 2.45) is 0 Å². The predicted octanol–water partition coefficient (Wildman–Crippen LogP) is 1.67.